The van der Waals surface area contributed by atoms with Crippen molar-refractivity contribution in [3.63, 3.8) is 0 Å². The summed E-state index contributed by atoms with van der Waals surface area (Å²) in [5.41, 5.74) is 0. The summed E-state index contributed by atoms with van der Waals surface area (Å²) in [5.74, 6) is -3.58. The number of rotatable bonds is 23. The minimum atomic E-state index is -2.19. The average molecular weight is 676 g/mol. The SMILES string of the molecule is COCCOCCOC(=O)NC(CSCCOO)C(=O)NCC(=O)NC1C(O)CC(OC=O)(OC(C)C)OC1C(O)C(O)CO. The van der Waals surface area contributed by atoms with Gasteiger partial charge in [-0.25, -0.2) is 9.68 Å². The van der Waals surface area contributed by atoms with E-state index in [1.54, 1.807) is 13.8 Å². The Hall–Kier alpha value is -2.37. The first-order chi connectivity index (χ1) is 21.4. The highest BCUT2D eigenvalue weighted by molar-refractivity contribution is 7.99. The molecule has 1 aliphatic rings. The Morgan fingerprint density at radius 2 is 1.84 bits per heavy atom. The van der Waals surface area contributed by atoms with Crippen molar-refractivity contribution >= 4 is 36.1 Å². The van der Waals surface area contributed by atoms with Crippen molar-refractivity contribution in [2.24, 2.45) is 0 Å². The van der Waals surface area contributed by atoms with Crippen molar-refractivity contribution in [2.45, 2.75) is 68.8 Å². The lowest BCUT2D eigenvalue weighted by Crippen LogP contribution is -2.67. The van der Waals surface area contributed by atoms with Crippen LogP contribution < -0.4 is 16.0 Å². The van der Waals surface area contributed by atoms with Crippen molar-refractivity contribution in [3.05, 3.63) is 0 Å². The van der Waals surface area contributed by atoms with E-state index in [9.17, 15) is 39.6 Å². The number of nitrogens with one attached hydrogen (secondary N) is 3. The smallest absolute Gasteiger partial charge is 0.407 e. The summed E-state index contributed by atoms with van der Waals surface area (Å²) in [6, 6.07) is -2.62. The van der Waals surface area contributed by atoms with Crippen molar-refractivity contribution in [3.8, 4) is 0 Å². The summed E-state index contributed by atoms with van der Waals surface area (Å²) in [6.07, 6.45) is -8.97. The van der Waals surface area contributed by atoms with Crippen molar-refractivity contribution in [2.75, 3.05) is 64.8 Å². The van der Waals surface area contributed by atoms with E-state index in [2.05, 4.69) is 20.8 Å². The first-order valence-corrected chi connectivity index (χ1v) is 15.1. The number of carbonyl (C=O) groups is 4. The van der Waals surface area contributed by atoms with E-state index in [1.807, 2.05) is 0 Å². The van der Waals surface area contributed by atoms with Crippen molar-refractivity contribution in [1.82, 2.24) is 16.0 Å². The highest BCUT2D eigenvalue weighted by atomic mass is 32.2. The van der Waals surface area contributed by atoms with E-state index in [0.29, 0.717) is 13.2 Å². The van der Waals surface area contributed by atoms with Crippen molar-refractivity contribution in [1.29, 1.82) is 0 Å². The van der Waals surface area contributed by atoms with Crippen LogP contribution in [0.15, 0.2) is 0 Å². The Bertz CT molecular complexity index is 889. The number of carbonyl (C=O) groups excluding carboxylic acids is 4. The molecule has 1 fully saturated rings. The molecule has 0 aromatic rings. The van der Waals surface area contributed by atoms with Gasteiger partial charge in [0, 0.05) is 18.6 Å². The van der Waals surface area contributed by atoms with Crippen LogP contribution in [0.2, 0.25) is 0 Å². The standard InChI is InChI=1S/C25H45N3O16S/c1-15(2)43-25(41-14-30)10-17(31)20(22(44-25)21(34)18(32)12-29)28-19(33)11-26-23(35)16(13-45-9-8-42-37)27-24(36)40-7-6-39-5-4-38-3/h14-18,20-22,29,31-32,34,37H,4-13H2,1-3H3,(H,26,35)(H,27,36)(H,28,33). The Morgan fingerprint density at radius 3 is 2.47 bits per heavy atom. The van der Waals surface area contributed by atoms with Crippen LogP contribution in [0.5, 0.6) is 0 Å². The van der Waals surface area contributed by atoms with E-state index in [-0.39, 0.29) is 37.8 Å². The van der Waals surface area contributed by atoms with Gasteiger partial charge in [-0.3, -0.25) is 19.6 Å². The maximum absolute atomic E-state index is 12.9. The fourth-order valence-corrected chi connectivity index (χ4v) is 4.79. The number of ether oxygens (including phenoxy) is 6. The average Bonchev–Trinajstić information content (AvgIpc) is 2.99. The van der Waals surface area contributed by atoms with Gasteiger partial charge in [-0.05, 0) is 13.8 Å². The van der Waals surface area contributed by atoms with Gasteiger partial charge >= 0.3 is 12.1 Å². The Balaban J connectivity index is 2.89. The molecule has 0 aromatic heterocycles. The fourth-order valence-electron chi connectivity index (χ4n) is 3.96. The molecule has 0 saturated carbocycles. The van der Waals surface area contributed by atoms with Gasteiger partial charge in [0.15, 0.2) is 0 Å². The first-order valence-electron chi connectivity index (χ1n) is 14.0. The second-order valence-electron chi connectivity index (χ2n) is 9.82. The molecule has 1 saturated heterocycles. The first kappa shape index (κ1) is 40.7. The molecular formula is C25H45N3O16S. The lowest BCUT2D eigenvalue weighted by Gasteiger charge is -2.47. The zero-order valence-electron chi connectivity index (χ0n) is 25.3. The third-order valence-electron chi connectivity index (χ3n) is 5.96. The van der Waals surface area contributed by atoms with Gasteiger partial charge in [0.2, 0.25) is 11.8 Å². The van der Waals surface area contributed by atoms with Crippen LogP contribution in [0.4, 0.5) is 4.79 Å². The number of hydrogen-bond acceptors (Lipinski definition) is 17. The summed E-state index contributed by atoms with van der Waals surface area (Å²) in [6.45, 7) is 2.16. The van der Waals surface area contributed by atoms with Gasteiger partial charge in [-0.15, -0.1) is 0 Å². The van der Waals surface area contributed by atoms with Crippen LogP contribution in [0.3, 0.4) is 0 Å². The Morgan fingerprint density at radius 1 is 1.13 bits per heavy atom. The van der Waals surface area contributed by atoms with Crippen LogP contribution in [-0.2, 0) is 47.7 Å². The second kappa shape index (κ2) is 22.2. The topological polar surface area (TPSA) is 270 Å². The normalized spacial score (nSPS) is 23.4. The zero-order chi connectivity index (χ0) is 33.8. The number of aliphatic hydroxyl groups is 4. The molecule has 0 bridgehead atoms. The molecule has 0 aliphatic carbocycles. The van der Waals surface area contributed by atoms with Gasteiger partial charge < -0.3 is 64.8 Å². The Kier molecular flexibility index (Phi) is 20.1. The summed E-state index contributed by atoms with van der Waals surface area (Å²) in [5, 5.41) is 56.5. The highest BCUT2D eigenvalue weighted by Crippen LogP contribution is 2.34. The summed E-state index contributed by atoms with van der Waals surface area (Å²) >= 11 is 1.15. The molecule has 1 aliphatic heterocycles. The quantitative estimate of drug-likeness (QED) is 0.0173. The predicted molar refractivity (Wildman–Crippen MR) is 153 cm³/mol. The van der Waals surface area contributed by atoms with Gasteiger partial charge in [0.25, 0.3) is 6.47 Å². The number of amides is 3. The summed E-state index contributed by atoms with van der Waals surface area (Å²) in [7, 11) is 1.51. The predicted octanol–water partition coefficient (Wildman–Crippen LogP) is -3.32. The van der Waals surface area contributed by atoms with Crippen LogP contribution in [0.25, 0.3) is 0 Å². The minimum absolute atomic E-state index is 0.00161. The van der Waals surface area contributed by atoms with Crippen LogP contribution >= 0.6 is 11.8 Å². The van der Waals surface area contributed by atoms with E-state index in [1.165, 1.54) is 7.11 Å². The van der Waals surface area contributed by atoms with E-state index in [4.69, 9.17) is 33.7 Å². The molecule has 3 amide bonds. The summed E-state index contributed by atoms with van der Waals surface area (Å²) in [4.78, 5) is 53.1. The maximum atomic E-state index is 12.9. The van der Waals surface area contributed by atoms with E-state index in [0.717, 1.165) is 11.8 Å². The van der Waals surface area contributed by atoms with Gasteiger partial charge in [0.1, 0.15) is 31.0 Å². The molecule has 1 heterocycles. The number of alkyl carbamates (subject to hydrolysis) is 1. The van der Waals surface area contributed by atoms with Gasteiger partial charge in [-0.2, -0.15) is 11.8 Å². The Labute approximate surface area is 264 Å². The second-order valence-corrected chi connectivity index (χ2v) is 11.0. The molecule has 1 rings (SSSR count). The fraction of sp³-hybridized carbons (Fsp3) is 0.840. The molecule has 19 nitrogen and oxygen atoms in total. The monoisotopic (exact) mass is 675 g/mol. The van der Waals surface area contributed by atoms with Crippen LogP contribution in [-0.4, -0.2) is 163 Å². The van der Waals surface area contributed by atoms with Gasteiger partial charge in [-0.1, -0.05) is 0 Å². The molecule has 0 spiro atoms. The molecule has 8 N–H and O–H groups in total. The van der Waals surface area contributed by atoms with Gasteiger partial charge in [0.05, 0.1) is 64.2 Å². The molecule has 7 atom stereocenters. The molecule has 7 unspecified atom stereocenters. The summed E-state index contributed by atoms with van der Waals surface area (Å²) < 4.78 is 31.1. The number of aliphatic hydroxyl groups excluding tert-OH is 4. The number of thioether (sulfide) groups is 1. The lowest BCUT2D eigenvalue weighted by atomic mass is 9.91. The van der Waals surface area contributed by atoms with E-state index < -0.39 is 86.1 Å². The molecule has 262 valence electrons. The molecule has 45 heavy (non-hydrogen) atoms. The van der Waals surface area contributed by atoms with Crippen LogP contribution in [0.1, 0.15) is 20.3 Å². The number of hydrogen-bond donors (Lipinski definition) is 8. The largest absolute Gasteiger partial charge is 0.447 e. The van der Waals surface area contributed by atoms with Crippen molar-refractivity contribution < 1.29 is 78.2 Å². The third-order valence-corrected chi connectivity index (χ3v) is 6.98. The third kappa shape index (κ3) is 15.2. The molecule has 0 aromatic carbocycles. The maximum Gasteiger partial charge on any atom is 0.407 e. The zero-order valence-corrected chi connectivity index (χ0v) is 26.1. The minimum Gasteiger partial charge on any atom is -0.447 e. The lowest BCUT2D eigenvalue weighted by molar-refractivity contribution is -0.417. The molecular weight excluding hydrogens is 630 g/mol. The highest BCUT2D eigenvalue weighted by Gasteiger charge is 2.53. The number of methoxy groups -OCH3 is 1. The molecule has 20 heteroatoms. The molecule has 0 radical (unpaired) electrons. The van der Waals surface area contributed by atoms with E-state index >= 15 is 0 Å². The van der Waals surface area contributed by atoms with Crippen LogP contribution in [0, 0.1) is 0 Å².